The van der Waals surface area contributed by atoms with Crippen LogP contribution in [-0.4, -0.2) is 13.0 Å². The van der Waals surface area contributed by atoms with Gasteiger partial charge in [-0.2, -0.15) is 8.42 Å². The maximum atomic E-state index is 12.2. The zero-order valence-electron chi connectivity index (χ0n) is 21.1. The molecule has 4 heteroatoms. The summed E-state index contributed by atoms with van der Waals surface area (Å²) >= 11 is 0. The van der Waals surface area contributed by atoms with Gasteiger partial charge >= 0.3 is 0 Å². The van der Waals surface area contributed by atoms with Gasteiger partial charge in [-0.1, -0.05) is 102 Å². The average molecular weight is 465 g/mol. The van der Waals surface area contributed by atoms with Crippen LogP contribution in [0.3, 0.4) is 0 Å². The second-order valence-electron chi connectivity index (χ2n) is 11.2. The summed E-state index contributed by atoms with van der Waals surface area (Å²) in [6.07, 6.45) is 0.415. The van der Waals surface area contributed by atoms with Gasteiger partial charge in [-0.05, 0) is 70.0 Å². The molecule has 33 heavy (non-hydrogen) atoms. The van der Waals surface area contributed by atoms with E-state index in [1.807, 2.05) is 13.0 Å². The first-order valence-corrected chi connectivity index (χ1v) is 12.8. The van der Waals surface area contributed by atoms with Gasteiger partial charge < -0.3 is 0 Å². The minimum Gasteiger partial charge on any atom is -0.282 e. The van der Waals surface area contributed by atoms with Gasteiger partial charge in [0, 0.05) is 0 Å². The molecule has 3 rings (SSSR count). The van der Waals surface area contributed by atoms with E-state index in [0.717, 1.165) is 22.3 Å². The molecule has 0 heterocycles. The predicted molar refractivity (Wildman–Crippen MR) is 138 cm³/mol. The molecular formula is C29H36O3S. The van der Waals surface area contributed by atoms with E-state index in [1.54, 1.807) is 13.0 Å². The Hall–Kier alpha value is -2.43. The minimum absolute atomic E-state index is 0.0169. The summed E-state index contributed by atoms with van der Waals surface area (Å²) in [5, 5.41) is 0. The minimum atomic E-state index is -4.34. The first-order chi connectivity index (χ1) is 15.1. The van der Waals surface area contributed by atoms with Gasteiger partial charge in [0.25, 0.3) is 10.1 Å². The third-order valence-corrected chi connectivity index (χ3v) is 7.27. The van der Waals surface area contributed by atoms with Gasteiger partial charge in [-0.25, -0.2) is 0 Å². The van der Waals surface area contributed by atoms with Crippen molar-refractivity contribution in [2.75, 3.05) is 0 Å². The summed E-state index contributed by atoms with van der Waals surface area (Å²) in [7, 11) is -4.34. The van der Waals surface area contributed by atoms with Crippen molar-refractivity contribution in [3.63, 3.8) is 0 Å². The summed E-state index contributed by atoms with van der Waals surface area (Å²) in [5.41, 5.74) is 7.84. The summed E-state index contributed by atoms with van der Waals surface area (Å²) < 4.78 is 34.5. The van der Waals surface area contributed by atoms with Crippen LogP contribution in [0.1, 0.15) is 74.9 Å². The van der Waals surface area contributed by atoms with E-state index in [4.69, 9.17) is 0 Å². The van der Waals surface area contributed by atoms with E-state index in [2.05, 4.69) is 84.0 Å². The number of hydrogen-bond acceptors (Lipinski definition) is 2. The van der Waals surface area contributed by atoms with Crippen LogP contribution < -0.4 is 0 Å². The lowest BCUT2D eigenvalue weighted by Crippen LogP contribution is -2.13. The normalized spacial score (nSPS) is 12.8. The molecule has 0 aliphatic carbocycles. The van der Waals surface area contributed by atoms with E-state index < -0.39 is 10.1 Å². The number of benzene rings is 3. The average Bonchev–Trinajstić information content (AvgIpc) is 2.65. The Labute approximate surface area is 199 Å². The van der Waals surface area contributed by atoms with E-state index in [1.165, 1.54) is 11.1 Å². The molecule has 176 valence electrons. The Bertz CT molecular complexity index is 1270. The molecule has 0 atom stereocenters. The fourth-order valence-corrected chi connectivity index (χ4v) is 5.31. The fraction of sp³-hybridized carbons (Fsp3) is 0.379. The molecule has 0 fully saturated rings. The predicted octanol–water partition coefficient (Wildman–Crippen LogP) is 7.40. The molecule has 0 spiro atoms. The Balaban J connectivity index is 2.21. The van der Waals surface area contributed by atoms with E-state index >= 15 is 0 Å². The van der Waals surface area contributed by atoms with Crippen LogP contribution >= 0.6 is 0 Å². The van der Waals surface area contributed by atoms with Crippen LogP contribution in [0.4, 0.5) is 0 Å². The highest BCUT2D eigenvalue weighted by Gasteiger charge is 2.22. The van der Waals surface area contributed by atoms with Gasteiger partial charge in [-0.15, -0.1) is 0 Å². The molecule has 0 radical (unpaired) electrons. The SMILES string of the molecule is Cc1cc(C)c(S(=O)(=O)O)c(Cc2cc(C(C)(C)C)ccc2-c2ccc(C(C)(C)C)cc2)c1. The topological polar surface area (TPSA) is 54.4 Å². The number of rotatable bonds is 4. The van der Waals surface area contributed by atoms with Crippen LogP contribution in [0.5, 0.6) is 0 Å². The van der Waals surface area contributed by atoms with E-state index in [9.17, 15) is 13.0 Å². The molecule has 0 saturated heterocycles. The van der Waals surface area contributed by atoms with Gasteiger partial charge in [0.2, 0.25) is 0 Å². The third-order valence-electron chi connectivity index (χ3n) is 6.17. The van der Waals surface area contributed by atoms with Crippen LogP contribution in [0.2, 0.25) is 0 Å². The number of hydrogen-bond donors (Lipinski definition) is 1. The molecule has 0 saturated carbocycles. The molecule has 3 nitrogen and oxygen atoms in total. The fourth-order valence-electron chi connectivity index (χ4n) is 4.39. The van der Waals surface area contributed by atoms with Gasteiger partial charge in [0.05, 0.1) is 0 Å². The molecule has 0 aromatic heterocycles. The van der Waals surface area contributed by atoms with Crippen LogP contribution in [0, 0.1) is 13.8 Å². The second-order valence-corrected chi connectivity index (χ2v) is 12.5. The lowest BCUT2D eigenvalue weighted by molar-refractivity contribution is 0.481. The van der Waals surface area contributed by atoms with Crippen LogP contribution in [-0.2, 0) is 27.4 Å². The Morgan fingerprint density at radius 1 is 0.727 bits per heavy atom. The Morgan fingerprint density at radius 2 is 1.27 bits per heavy atom. The summed E-state index contributed by atoms with van der Waals surface area (Å²) in [6.45, 7) is 16.8. The number of aryl methyl sites for hydroxylation is 2. The van der Waals surface area contributed by atoms with Crippen molar-refractivity contribution < 1.29 is 13.0 Å². The highest BCUT2D eigenvalue weighted by molar-refractivity contribution is 7.86. The van der Waals surface area contributed by atoms with Crippen LogP contribution in [0.15, 0.2) is 59.5 Å². The van der Waals surface area contributed by atoms with Crippen LogP contribution in [0.25, 0.3) is 11.1 Å². The van der Waals surface area contributed by atoms with E-state index in [-0.39, 0.29) is 15.7 Å². The zero-order valence-corrected chi connectivity index (χ0v) is 21.9. The molecule has 0 aliphatic rings. The summed E-state index contributed by atoms with van der Waals surface area (Å²) in [5.74, 6) is 0. The third kappa shape index (κ3) is 5.74. The maximum absolute atomic E-state index is 12.2. The molecule has 0 amide bonds. The smallest absolute Gasteiger partial charge is 0.282 e. The second kappa shape index (κ2) is 8.73. The first kappa shape index (κ1) is 25.2. The lowest BCUT2D eigenvalue weighted by Gasteiger charge is -2.23. The first-order valence-electron chi connectivity index (χ1n) is 11.4. The molecule has 0 bridgehead atoms. The quantitative estimate of drug-likeness (QED) is 0.409. The zero-order chi connectivity index (χ0) is 24.8. The summed E-state index contributed by atoms with van der Waals surface area (Å²) in [6, 6.07) is 18.7. The largest absolute Gasteiger partial charge is 0.295 e. The standard InChI is InChI=1S/C29H36O3S/c1-19-15-20(2)27(33(30,31)32)23(16-19)17-22-18-25(29(6,7)8)13-14-26(22)21-9-11-24(12-10-21)28(3,4)5/h9-16,18H,17H2,1-8H3,(H,30,31,32). The van der Waals surface area contributed by atoms with E-state index in [0.29, 0.717) is 17.5 Å². The molecule has 0 aliphatic heterocycles. The van der Waals surface area contributed by atoms with Crippen molar-refractivity contribution >= 4 is 10.1 Å². The van der Waals surface area contributed by atoms with Gasteiger partial charge in [0.15, 0.2) is 0 Å². The van der Waals surface area contributed by atoms with Crippen molar-refractivity contribution in [1.82, 2.24) is 0 Å². The van der Waals surface area contributed by atoms with Gasteiger partial charge in [0.1, 0.15) is 4.90 Å². The molecule has 1 N–H and O–H groups in total. The maximum Gasteiger partial charge on any atom is 0.295 e. The molecule has 3 aromatic rings. The summed E-state index contributed by atoms with van der Waals surface area (Å²) in [4.78, 5) is 0.0169. The lowest BCUT2D eigenvalue weighted by atomic mass is 9.82. The monoisotopic (exact) mass is 464 g/mol. The Kier molecular flexibility index (Phi) is 6.67. The highest BCUT2D eigenvalue weighted by Crippen LogP contribution is 2.34. The highest BCUT2D eigenvalue weighted by atomic mass is 32.2. The van der Waals surface area contributed by atoms with Crippen molar-refractivity contribution in [3.8, 4) is 11.1 Å². The van der Waals surface area contributed by atoms with Crippen molar-refractivity contribution in [3.05, 3.63) is 88.0 Å². The van der Waals surface area contributed by atoms with Gasteiger partial charge in [-0.3, -0.25) is 4.55 Å². The van der Waals surface area contributed by atoms with Crippen molar-refractivity contribution in [2.45, 2.75) is 77.5 Å². The van der Waals surface area contributed by atoms with Crippen molar-refractivity contribution in [2.24, 2.45) is 0 Å². The molecular weight excluding hydrogens is 428 g/mol. The molecule has 3 aromatic carbocycles. The molecule has 0 unspecified atom stereocenters. The Morgan fingerprint density at radius 3 is 1.79 bits per heavy atom. The van der Waals surface area contributed by atoms with Crippen molar-refractivity contribution in [1.29, 1.82) is 0 Å².